The quantitative estimate of drug-likeness (QED) is 0.895. The van der Waals surface area contributed by atoms with E-state index >= 15 is 0 Å². The third-order valence-corrected chi connectivity index (χ3v) is 3.93. The van der Waals surface area contributed by atoms with E-state index < -0.39 is 5.54 Å². The Labute approximate surface area is 113 Å². The molecule has 0 spiro atoms. The first kappa shape index (κ1) is 12.2. The lowest BCUT2D eigenvalue weighted by molar-refractivity contribution is 0.339. The van der Waals surface area contributed by atoms with E-state index in [1.165, 1.54) is 11.1 Å². The molecule has 1 aliphatic rings. The number of methoxy groups -OCH3 is 1. The maximum atomic E-state index is 6.63. The van der Waals surface area contributed by atoms with Crippen molar-refractivity contribution in [1.82, 2.24) is 4.98 Å². The van der Waals surface area contributed by atoms with E-state index in [1.807, 2.05) is 12.1 Å². The van der Waals surface area contributed by atoms with Gasteiger partial charge in [-0.1, -0.05) is 24.3 Å². The Balaban J connectivity index is 2.01. The molecule has 1 aromatic carbocycles. The second kappa shape index (κ2) is 4.67. The van der Waals surface area contributed by atoms with Crippen LogP contribution in [0.2, 0.25) is 0 Å². The summed E-state index contributed by atoms with van der Waals surface area (Å²) in [5.41, 5.74) is 9.79. The van der Waals surface area contributed by atoms with Crippen LogP contribution in [0.4, 0.5) is 0 Å². The fourth-order valence-electron chi connectivity index (χ4n) is 2.89. The van der Waals surface area contributed by atoms with E-state index in [9.17, 15) is 0 Å². The average Bonchev–Trinajstić information content (AvgIpc) is 2.47. The molecule has 1 unspecified atom stereocenters. The lowest BCUT2D eigenvalue weighted by Gasteiger charge is -2.35. The Kier molecular flexibility index (Phi) is 2.99. The third kappa shape index (κ3) is 2.10. The van der Waals surface area contributed by atoms with E-state index in [0.717, 1.165) is 30.7 Å². The number of hydrogen-bond acceptors (Lipinski definition) is 3. The number of benzene rings is 1. The maximum Gasteiger partial charge on any atom is 0.142 e. The summed E-state index contributed by atoms with van der Waals surface area (Å²) in [5.74, 6) is 0.782. The predicted octanol–water partition coefficient (Wildman–Crippen LogP) is 2.43. The molecule has 0 radical (unpaired) electrons. The number of aromatic nitrogens is 1. The van der Waals surface area contributed by atoms with Crippen molar-refractivity contribution in [2.75, 3.05) is 7.11 Å². The smallest absolute Gasteiger partial charge is 0.142 e. The molecule has 2 aromatic rings. The van der Waals surface area contributed by atoms with E-state index in [0.29, 0.717) is 0 Å². The van der Waals surface area contributed by atoms with Gasteiger partial charge in [0.15, 0.2) is 0 Å². The van der Waals surface area contributed by atoms with Crippen LogP contribution in [0.1, 0.15) is 23.2 Å². The minimum Gasteiger partial charge on any atom is -0.495 e. The van der Waals surface area contributed by atoms with Gasteiger partial charge in [0.25, 0.3) is 0 Å². The van der Waals surface area contributed by atoms with Gasteiger partial charge in [-0.3, -0.25) is 4.98 Å². The highest BCUT2D eigenvalue weighted by Gasteiger charge is 2.35. The molecule has 0 amide bonds. The molecular weight excluding hydrogens is 236 g/mol. The first-order valence-corrected chi connectivity index (χ1v) is 6.58. The average molecular weight is 254 g/mol. The van der Waals surface area contributed by atoms with Gasteiger partial charge < -0.3 is 10.5 Å². The van der Waals surface area contributed by atoms with Gasteiger partial charge in [0, 0.05) is 6.20 Å². The molecule has 1 aromatic heterocycles. The van der Waals surface area contributed by atoms with Gasteiger partial charge in [0.1, 0.15) is 11.4 Å². The standard InChI is InChI=1S/C16H18N2O/c1-19-14-7-4-10-18-15(14)16(17)9-8-12-5-2-3-6-13(12)11-16/h2-7,10H,8-9,11,17H2,1H3. The van der Waals surface area contributed by atoms with Gasteiger partial charge in [-0.15, -0.1) is 0 Å². The highest BCUT2D eigenvalue weighted by Crippen LogP contribution is 2.37. The van der Waals surface area contributed by atoms with Crippen molar-refractivity contribution in [2.45, 2.75) is 24.8 Å². The zero-order valence-electron chi connectivity index (χ0n) is 11.1. The lowest BCUT2D eigenvalue weighted by atomic mass is 9.76. The molecule has 3 rings (SSSR count). The van der Waals surface area contributed by atoms with Gasteiger partial charge >= 0.3 is 0 Å². The normalized spacial score (nSPS) is 21.8. The van der Waals surface area contributed by atoms with Gasteiger partial charge in [-0.25, -0.2) is 0 Å². The summed E-state index contributed by atoms with van der Waals surface area (Å²) in [5, 5.41) is 0. The number of aryl methyl sites for hydroxylation is 1. The van der Waals surface area contributed by atoms with Crippen LogP contribution in [0.25, 0.3) is 0 Å². The first-order chi connectivity index (χ1) is 9.23. The largest absolute Gasteiger partial charge is 0.495 e. The highest BCUT2D eigenvalue weighted by molar-refractivity contribution is 5.39. The van der Waals surface area contributed by atoms with Crippen molar-refractivity contribution in [2.24, 2.45) is 5.73 Å². The molecule has 1 atom stereocenters. The number of nitrogens with two attached hydrogens (primary N) is 1. The number of pyridine rings is 1. The Morgan fingerprint density at radius 1 is 1.16 bits per heavy atom. The van der Waals surface area contributed by atoms with E-state index in [4.69, 9.17) is 10.5 Å². The molecule has 3 heteroatoms. The molecule has 1 heterocycles. The molecule has 0 saturated heterocycles. The van der Waals surface area contributed by atoms with Crippen LogP contribution in [-0.4, -0.2) is 12.1 Å². The summed E-state index contributed by atoms with van der Waals surface area (Å²) in [6, 6.07) is 12.3. The lowest BCUT2D eigenvalue weighted by Crippen LogP contribution is -2.43. The molecule has 1 aliphatic carbocycles. The van der Waals surface area contributed by atoms with Crippen molar-refractivity contribution in [1.29, 1.82) is 0 Å². The highest BCUT2D eigenvalue weighted by atomic mass is 16.5. The third-order valence-electron chi connectivity index (χ3n) is 3.93. The van der Waals surface area contributed by atoms with Crippen molar-refractivity contribution >= 4 is 0 Å². The van der Waals surface area contributed by atoms with E-state index in [1.54, 1.807) is 13.3 Å². The summed E-state index contributed by atoms with van der Waals surface area (Å²) in [4.78, 5) is 4.47. The minimum atomic E-state index is -0.430. The van der Waals surface area contributed by atoms with E-state index in [-0.39, 0.29) is 0 Å². The minimum absolute atomic E-state index is 0.430. The van der Waals surface area contributed by atoms with Gasteiger partial charge in [-0.05, 0) is 42.5 Å². The van der Waals surface area contributed by atoms with Crippen molar-refractivity contribution < 1.29 is 4.74 Å². The molecule has 98 valence electrons. The SMILES string of the molecule is COc1cccnc1C1(N)CCc2ccccc2C1. The van der Waals surface area contributed by atoms with Crippen LogP contribution in [-0.2, 0) is 18.4 Å². The number of nitrogens with zero attached hydrogens (tertiary/aromatic N) is 1. The molecule has 0 saturated carbocycles. The molecule has 3 nitrogen and oxygen atoms in total. The molecular formula is C16H18N2O. The summed E-state index contributed by atoms with van der Waals surface area (Å²) >= 11 is 0. The zero-order chi connectivity index (χ0) is 13.3. The van der Waals surface area contributed by atoms with Crippen molar-refractivity contribution in [3.05, 3.63) is 59.4 Å². The summed E-state index contributed by atoms with van der Waals surface area (Å²) in [6.07, 6.45) is 4.49. The van der Waals surface area contributed by atoms with Gasteiger partial charge in [0.2, 0.25) is 0 Å². The van der Waals surface area contributed by atoms with Crippen molar-refractivity contribution in [3.8, 4) is 5.75 Å². The summed E-state index contributed by atoms with van der Waals surface area (Å²) in [7, 11) is 1.67. The Hall–Kier alpha value is -1.87. The summed E-state index contributed by atoms with van der Waals surface area (Å²) < 4.78 is 5.41. The Bertz CT molecular complexity index is 597. The van der Waals surface area contributed by atoms with Crippen LogP contribution in [0.3, 0.4) is 0 Å². The fraction of sp³-hybridized carbons (Fsp3) is 0.312. The maximum absolute atomic E-state index is 6.63. The Morgan fingerprint density at radius 2 is 1.95 bits per heavy atom. The van der Waals surface area contributed by atoms with Gasteiger partial charge in [-0.2, -0.15) is 0 Å². The first-order valence-electron chi connectivity index (χ1n) is 6.58. The van der Waals surface area contributed by atoms with Crippen LogP contribution in [0.15, 0.2) is 42.6 Å². The van der Waals surface area contributed by atoms with Crippen LogP contribution >= 0.6 is 0 Å². The molecule has 2 N–H and O–H groups in total. The topological polar surface area (TPSA) is 48.1 Å². The molecule has 19 heavy (non-hydrogen) atoms. The van der Waals surface area contributed by atoms with Gasteiger partial charge in [0.05, 0.1) is 12.6 Å². The number of rotatable bonds is 2. The Morgan fingerprint density at radius 3 is 2.74 bits per heavy atom. The second-order valence-corrected chi connectivity index (χ2v) is 5.16. The van der Waals surface area contributed by atoms with Crippen LogP contribution < -0.4 is 10.5 Å². The number of ether oxygens (including phenoxy) is 1. The zero-order valence-corrected chi connectivity index (χ0v) is 11.1. The number of hydrogen-bond donors (Lipinski definition) is 1. The van der Waals surface area contributed by atoms with E-state index in [2.05, 4.69) is 29.2 Å². The monoisotopic (exact) mass is 254 g/mol. The number of fused-ring (bicyclic) bond motifs is 1. The molecule has 0 fully saturated rings. The predicted molar refractivity (Wildman–Crippen MR) is 75.1 cm³/mol. The van der Waals surface area contributed by atoms with Crippen molar-refractivity contribution in [3.63, 3.8) is 0 Å². The summed E-state index contributed by atoms with van der Waals surface area (Å²) in [6.45, 7) is 0. The second-order valence-electron chi connectivity index (χ2n) is 5.16. The van der Waals surface area contributed by atoms with Crippen LogP contribution in [0, 0.1) is 0 Å². The molecule has 0 bridgehead atoms. The fourth-order valence-corrected chi connectivity index (χ4v) is 2.89. The molecule has 0 aliphatic heterocycles. The van der Waals surface area contributed by atoms with Crippen LogP contribution in [0.5, 0.6) is 5.75 Å².